The highest BCUT2D eigenvalue weighted by Gasteiger charge is 1.93. The van der Waals surface area contributed by atoms with E-state index in [4.69, 9.17) is 11.6 Å². The first-order valence-corrected chi connectivity index (χ1v) is 3.48. The summed E-state index contributed by atoms with van der Waals surface area (Å²) in [7, 11) is 0. The van der Waals surface area contributed by atoms with Crippen LogP contribution in [0.2, 0.25) is 0 Å². The molecule has 0 bridgehead atoms. The summed E-state index contributed by atoms with van der Waals surface area (Å²) in [5.41, 5.74) is 1.50. The van der Waals surface area contributed by atoms with Crippen LogP contribution in [0.3, 0.4) is 0 Å². The summed E-state index contributed by atoms with van der Waals surface area (Å²) in [4.78, 5) is 3.93. The number of pyridine rings is 1. The summed E-state index contributed by atoms with van der Waals surface area (Å²) in [5, 5.41) is 10.3. The zero-order chi connectivity index (χ0) is 7.40. The van der Waals surface area contributed by atoms with Gasteiger partial charge in [-0.05, 0) is 17.7 Å². The van der Waals surface area contributed by atoms with E-state index in [1.165, 1.54) is 0 Å². The van der Waals surface area contributed by atoms with E-state index in [9.17, 15) is 5.11 Å². The molecule has 0 fully saturated rings. The van der Waals surface area contributed by atoms with Crippen LogP contribution < -0.4 is 0 Å². The van der Waals surface area contributed by atoms with Crippen LogP contribution in [-0.4, -0.2) is 4.98 Å². The Labute approximate surface area is 64.5 Å². The molecule has 0 unspecified atom stereocenters. The van der Waals surface area contributed by atoms with Crippen molar-refractivity contribution in [3.63, 3.8) is 0 Å². The first-order valence-electron chi connectivity index (χ1n) is 2.94. The average Bonchev–Trinajstić information content (AvgIpc) is 2.05. The third-order valence-corrected chi connectivity index (χ3v) is 1.46. The average molecular weight is 157 g/mol. The fraction of sp³-hybridized carbons (Fsp3) is 0.286. The fourth-order valence-electron chi connectivity index (χ4n) is 0.691. The van der Waals surface area contributed by atoms with Crippen molar-refractivity contribution in [2.45, 2.75) is 12.5 Å². The summed E-state index contributed by atoms with van der Waals surface area (Å²) in [6.07, 6.45) is 1.60. The minimum absolute atomic E-state index is 0.202. The van der Waals surface area contributed by atoms with Gasteiger partial charge in [0.25, 0.3) is 0 Å². The van der Waals surface area contributed by atoms with Gasteiger partial charge in [0, 0.05) is 6.20 Å². The van der Waals surface area contributed by atoms with E-state index in [2.05, 4.69) is 4.98 Å². The lowest BCUT2D eigenvalue weighted by atomic mass is 10.2. The van der Waals surface area contributed by atoms with Crippen LogP contribution in [0.15, 0.2) is 18.3 Å². The molecule has 53 valence electrons. The van der Waals surface area contributed by atoms with Crippen LogP contribution in [0.5, 0.6) is 0 Å². The maximum absolute atomic E-state index is 10.3. The van der Waals surface area contributed by atoms with Crippen LogP contribution >= 0.6 is 11.6 Å². The molecule has 1 aromatic rings. The van der Waals surface area contributed by atoms with Gasteiger partial charge in [0.1, 0.15) is 6.61 Å². The fourth-order valence-corrected chi connectivity index (χ4v) is 0.837. The maximum Gasteiger partial charge on any atom is 0.107 e. The van der Waals surface area contributed by atoms with Crippen molar-refractivity contribution in [3.05, 3.63) is 29.6 Å². The number of alkyl halides is 1. The highest BCUT2D eigenvalue weighted by Crippen LogP contribution is 2.03. The second-order valence-electron chi connectivity index (χ2n) is 1.93. The Balaban J connectivity index is 2.87. The Kier molecular flexibility index (Phi) is 2.66. The molecule has 0 saturated heterocycles. The predicted molar refractivity (Wildman–Crippen MR) is 38.2 cm³/mol. The Bertz CT molecular complexity index is 195. The van der Waals surface area contributed by atoms with Gasteiger partial charge < -0.3 is 0 Å². The third kappa shape index (κ3) is 1.69. The molecule has 0 saturated carbocycles. The van der Waals surface area contributed by atoms with Crippen LogP contribution in [-0.2, 0) is 17.6 Å². The Morgan fingerprint density at radius 2 is 2.40 bits per heavy atom. The minimum atomic E-state index is -0.202. The van der Waals surface area contributed by atoms with Gasteiger partial charge in [0.05, 0.1) is 11.6 Å². The maximum atomic E-state index is 10.3. The SMILES string of the molecule is [O]Cc1ccnc(CCl)c1. The number of hydrogen-bond donors (Lipinski definition) is 0. The van der Waals surface area contributed by atoms with E-state index in [0.29, 0.717) is 5.88 Å². The first-order chi connectivity index (χ1) is 4.86. The van der Waals surface area contributed by atoms with Crippen LogP contribution in [0.25, 0.3) is 0 Å². The van der Waals surface area contributed by atoms with Crippen molar-refractivity contribution in [3.8, 4) is 0 Å². The molecule has 0 aliphatic heterocycles. The summed E-state index contributed by atoms with van der Waals surface area (Å²) in [6.45, 7) is -0.202. The van der Waals surface area contributed by atoms with Gasteiger partial charge in [-0.15, -0.1) is 11.6 Å². The van der Waals surface area contributed by atoms with E-state index < -0.39 is 0 Å². The second-order valence-corrected chi connectivity index (χ2v) is 2.20. The van der Waals surface area contributed by atoms with Crippen molar-refractivity contribution in [2.75, 3.05) is 0 Å². The van der Waals surface area contributed by atoms with Gasteiger partial charge in [-0.1, -0.05) is 0 Å². The first kappa shape index (κ1) is 7.51. The van der Waals surface area contributed by atoms with E-state index in [0.717, 1.165) is 11.3 Å². The van der Waals surface area contributed by atoms with E-state index in [1.807, 2.05) is 0 Å². The molecule has 10 heavy (non-hydrogen) atoms. The summed E-state index contributed by atoms with van der Waals surface area (Å²) in [5.74, 6) is 0.369. The number of halogens is 1. The molecule has 1 heterocycles. The lowest BCUT2D eigenvalue weighted by molar-refractivity contribution is 0.177. The normalized spacial score (nSPS) is 9.80. The lowest BCUT2D eigenvalue weighted by Crippen LogP contribution is -1.87. The Hall–Kier alpha value is -0.600. The molecule has 0 aromatic carbocycles. The number of hydrogen-bond acceptors (Lipinski definition) is 1. The Morgan fingerprint density at radius 3 is 3.00 bits per heavy atom. The predicted octanol–water partition coefficient (Wildman–Crippen LogP) is 1.75. The van der Waals surface area contributed by atoms with Gasteiger partial charge in [-0.3, -0.25) is 4.98 Å². The van der Waals surface area contributed by atoms with Crippen LogP contribution in [0.4, 0.5) is 0 Å². The molecule has 1 radical (unpaired) electrons. The van der Waals surface area contributed by atoms with Gasteiger partial charge >= 0.3 is 0 Å². The minimum Gasteiger partial charge on any atom is -0.260 e. The van der Waals surface area contributed by atoms with Gasteiger partial charge in [0.15, 0.2) is 0 Å². The van der Waals surface area contributed by atoms with Gasteiger partial charge in [-0.2, -0.15) is 0 Å². The third-order valence-electron chi connectivity index (χ3n) is 1.18. The highest BCUT2D eigenvalue weighted by atomic mass is 35.5. The number of rotatable bonds is 2. The van der Waals surface area contributed by atoms with E-state index in [-0.39, 0.29) is 6.61 Å². The monoisotopic (exact) mass is 156 g/mol. The van der Waals surface area contributed by atoms with Crippen molar-refractivity contribution in [1.82, 2.24) is 4.98 Å². The smallest absolute Gasteiger partial charge is 0.107 e. The topological polar surface area (TPSA) is 32.8 Å². The molecular formula is C7H7ClNO. The van der Waals surface area contributed by atoms with Crippen molar-refractivity contribution in [2.24, 2.45) is 0 Å². The van der Waals surface area contributed by atoms with E-state index in [1.54, 1.807) is 18.3 Å². The molecule has 0 spiro atoms. The summed E-state index contributed by atoms with van der Waals surface area (Å²) >= 11 is 5.49. The summed E-state index contributed by atoms with van der Waals surface area (Å²) in [6, 6.07) is 3.42. The molecule has 2 nitrogen and oxygen atoms in total. The zero-order valence-corrected chi connectivity index (χ0v) is 6.14. The molecule has 1 rings (SSSR count). The molecule has 0 amide bonds. The van der Waals surface area contributed by atoms with Crippen molar-refractivity contribution in [1.29, 1.82) is 0 Å². The van der Waals surface area contributed by atoms with Gasteiger partial charge in [0.2, 0.25) is 0 Å². The van der Waals surface area contributed by atoms with Crippen LogP contribution in [0, 0.1) is 0 Å². The lowest BCUT2D eigenvalue weighted by Gasteiger charge is -1.95. The standard InChI is InChI=1S/C7H7ClNO/c8-4-7-3-6(5-10)1-2-9-7/h1-3H,4-5H2. The quantitative estimate of drug-likeness (QED) is 0.601. The van der Waals surface area contributed by atoms with Crippen LogP contribution in [0.1, 0.15) is 11.3 Å². The molecule has 3 heteroatoms. The molecular weight excluding hydrogens is 150 g/mol. The molecule has 0 N–H and O–H groups in total. The molecule has 0 aliphatic rings. The number of nitrogens with zero attached hydrogens (tertiary/aromatic N) is 1. The second kappa shape index (κ2) is 3.54. The summed E-state index contributed by atoms with van der Waals surface area (Å²) < 4.78 is 0. The van der Waals surface area contributed by atoms with Crippen molar-refractivity contribution >= 4 is 11.6 Å². The largest absolute Gasteiger partial charge is 0.260 e. The zero-order valence-electron chi connectivity index (χ0n) is 5.38. The van der Waals surface area contributed by atoms with Crippen molar-refractivity contribution < 1.29 is 5.11 Å². The molecule has 1 aromatic heterocycles. The van der Waals surface area contributed by atoms with Gasteiger partial charge in [-0.25, -0.2) is 5.11 Å². The molecule has 0 atom stereocenters. The Morgan fingerprint density at radius 1 is 1.60 bits per heavy atom. The highest BCUT2D eigenvalue weighted by molar-refractivity contribution is 6.16. The number of aromatic nitrogens is 1. The molecule has 0 aliphatic carbocycles. The van der Waals surface area contributed by atoms with E-state index >= 15 is 0 Å².